The van der Waals surface area contributed by atoms with Crippen LogP contribution in [0.1, 0.15) is 22.3 Å². The van der Waals surface area contributed by atoms with Crippen LogP contribution in [-0.4, -0.2) is 17.9 Å². The molecule has 0 bridgehead atoms. The van der Waals surface area contributed by atoms with Crippen molar-refractivity contribution in [2.75, 3.05) is 5.75 Å². The van der Waals surface area contributed by atoms with Crippen molar-refractivity contribution in [3.63, 3.8) is 0 Å². The van der Waals surface area contributed by atoms with Crippen molar-refractivity contribution in [3.8, 4) is 5.75 Å². The first-order valence-electron chi connectivity index (χ1n) is 9.51. The van der Waals surface area contributed by atoms with Crippen molar-refractivity contribution in [1.29, 1.82) is 0 Å². The summed E-state index contributed by atoms with van der Waals surface area (Å²) >= 11 is 7.44. The van der Waals surface area contributed by atoms with Crippen LogP contribution in [-0.2, 0) is 17.2 Å². The van der Waals surface area contributed by atoms with Gasteiger partial charge >= 0.3 is 0 Å². The van der Waals surface area contributed by atoms with Crippen LogP contribution in [0.2, 0.25) is 5.02 Å². The Labute approximate surface area is 186 Å². The molecule has 0 aromatic heterocycles. The maximum atomic E-state index is 11.9. The summed E-state index contributed by atoms with van der Waals surface area (Å²) in [7, 11) is 0. The molecule has 4 nitrogen and oxygen atoms in total. The van der Waals surface area contributed by atoms with E-state index in [1.165, 1.54) is 11.1 Å². The Morgan fingerprint density at radius 3 is 2.37 bits per heavy atom. The van der Waals surface area contributed by atoms with Gasteiger partial charge < -0.3 is 4.74 Å². The topological polar surface area (TPSA) is 50.7 Å². The van der Waals surface area contributed by atoms with Crippen LogP contribution in [0.3, 0.4) is 0 Å². The van der Waals surface area contributed by atoms with Gasteiger partial charge in [-0.1, -0.05) is 53.6 Å². The van der Waals surface area contributed by atoms with E-state index in [2.05, 4.69) is 41.7 Å². The van der Waals surface area contributed by atoms with Crippen LogP contribution in [0.4, 0.5) is 0 Å². The van der Waals surface area contributed by atoms with Crippen molar-refractivity contribution >= 4 is 35.5 Å². The number of nitrogens with one attached hydrogen (secondary N) is 1. The second-order valence-electron chi connectivity index (χ2n) is 6.76. The third-order valence-electron chi connectivity index (χ3n) is 4.22. The first kappa shape index (κ1) is 21.9. The van der Waals surface area contributed by atoms with E-state index < -0.39 is 0 Å². The summed E-state index contributed by atoms with van der Waals surface area (Å²) < 4.78 is 5.76. The number of aryl methyl sites for hydroxylation is 1. The first-order chi connectivity index (χ1) is 14.6. The number of carbonyl (C=O) groups excluding carboxylic acids is 1. The van der Waals surface area contributed by atoms with Crippen molar-refractivity contribution in [1.82, 2.24) is 5.43 Å². The Hall–Kier alpha value is -2.76. The Bertz CT molecular complexity index is 972. The van der Waals surface area contributed by atoms with Crippen molar-refractivity contribution in [2.24, 2.45) is 5.10 Å². The number of halogens is 1. The molecular weight excluding hydrogens is 416 g/mol. The zero-order chi connectivity index (χ0) is 21.2. The fourth-order valence-electron chi connectivity index (χ4n) is 2.55. The zero-order valence-electron chi connectivity index (χ0n) is 16.7. The fraction of sp³-hybridized carbons (Fsp3) is 0.167. The monoisotopic (exact) mass is 438 g/mol. The zero-order valence-corrected chi connectivity index (χ0v) is 18.2. The maximum Gasteiger partial charge on any atom is 0.250 e. The Kier molecular flexibility index (Phi) is 8.36. The maximum absolute atomic E-state index is 11.9. The minimum atomic E-state index is -0.119. The molecule has 0 spiro atoms. The number of hydrogen-bond donors (Lipinski definition) is 1. The second-order valence-corrected chi connectivity index (χ2v) is 8.18. The summed E-state index contributed by atoms with van der Waals surface area (Å²) in [4.78, 5) is 11.9. The van der Waals surface area contributed by atoms with E-state index in [0.29, 0.717) is 17.4 Å². The summed E-state index contributed by atoms with van der Waals surface area (Å²) in [6.45, 7) is 2.53. The van der Waals surface area contributed by atoms with Gasteiger partial charge in [0, 0.05) is 10.8 Å². The summed E-state index contributed by atoms with van der Waals surface area (Å²) in [5.74, 6) is 1.81. The van der Waals surface area contributed by atoms with Crippen LogP contribution in [0.5, 0.6) is 5.75 Å². The first-order valence-corrected chi connectivity index (χ1v) is 11.0. The predicted octanol–water partition coefficient (Wildman–Crippen LogP) is 5.61. The van der Waals surface area contributed by atoms with E-state index in [9.17, 15) is 4.79 Å². The fourth-order valence-corrected chi connectivity index (χ4v) is 3.46. The molecule has 0 aliphatic rings. The predicted molar refractivity (Wildman–Crippen MR) is 125 cm³/mol. The number of amides is 1. The van der Waals surface area contributed by atoms with Gasteiger partial charge in [-0.05, 0) is 60.0 Å². The average Bonchev–Trinajstić information content (AvgIpc) is 2.76. The Morgan fingerprint density at radius 1 is 1.00 bits per heavy atom. The third kappa shape index (κ3) is 7.58. The number of carbonyl (C=O) groups is 1. The lowest BCUT2D eigenvalue weighted by Crippen LogP contribution is -2.19. The minimum Gasteiger partial charge on any atom is -0.489 e. The van der Waals surface area contributed by atoms with Gasteiger partial charge in [0.15, 0.2) is 0 Å². The van der Waals surface area contributed by atoms with Gasteiger partial charge in [-0.2, -0.15) is 5.10 Å². The van der Waals surface area contributed by atoms with Gasteiger partial charge in [-0.3, -0.25) is 4.79 Å². The molecule has 154 valence electrons. The number of hydrazone groups is 1. The number of ether oxygens (including phenoxy) is 1. The number of thioether (sulfide) groups is 1. The molecule has 1 N–H and O–H groups in total. The van der Waals surface area contributed by atoms with Gasteiger partial charge in [-0.15, -0.1) is 11.8 Å². The van der Waals surface area contributed by atoms with Gasteiger partial charge in [0.1, 0.15) is 12.4 Å². The molecule has 1 amide bonds. The molecule has 6 heteroatoms. The average molecular weight is 439 g/mol. The second kappa shape index (κ2) is 11.4. The lowest BCUT2D eigenvalue weighted by molar-refractivity contribution is -0.118. The van der Waals surface area contributed by atoms with Crippen LogP contribution >= 0.6 is 23.4 Å². The van der Waals surface area contributed by atoms with Crippen LogP contribution in [0.25, 0.3) is 0 Å². The number of rotatable bonds is 9. The number of nitrogens with zero attached hydrogens (tertiary/aromatic N) is 1. The van der Waals surface area contributed by atoms with Gasteiger partial charge in [0.05, 0.1) is 12.0 Å². The standard InChI is InChI=1S/C24H23ClN2O2S/c1-18-2-4-21(5-3-18)16-30-17-24(28)27-26-14-19-8-12-23(13-9-19)29-15-20-6-10-22(25)11-7-20/h2-14H,15-17H2,1H3,(H,27,28)/b26-14+. The Morgan fingerprint density at radius 2 is 1.67 bits per heavy atom. The van der Waals surface area contributed by atoms with E-state index >= 15 is 0 Å². The molecule has 3 aromatic carbocycles. The molecule has 0 saturated heterocycles. The van der Waals surface area contributed by atoms with Crippen molar-refractivity contribution in [3.05, 3.63) is 100 Å². The number of hydrogen-bond acceptors (Lipinski definition) is 4. The summed E-state index contributed by atoms with van der Waals surface area (Å²) in [5.41, 5.74) is 6.93. The van der Waals surface area contributed by atoms with E-state index in [1.807, 2.05) is 48.5 Å². The van der Waals surface area contributed by atoms with Crippen LogP contribution in [0.15, 0.2) is 77.9 Å². The molecule has 3 rings (SSSR count). The van der Waals surface area contributed by atoms with Crippen molar-refractivity contribution < 1.29 is 9.53 Å². The minimum absolute atomic E-state index is 0.119. The molecule has 0 saturated carbocycles. The Balaban J connectivity index is 1.37. The molecule has 0 fully saturated rings. The van der Waals surface area contributed by atoms with Crippen molar-refractivity contribution in [2.45, 2.75) is 19.3 Å². The van der Waals surface area contributed by atoms with E-state index in [1.54, 1.807) is 18.0 Å². The summed E-state index contributed by atoms with van der Waals surface area (Å²) in [6.07, 6.45) is 1.62. The van der Waals surface area contributed by atoms with E-state index in [0.717, 1.165) is 22.6 Å². The summed E-state index contributed by atoms with van der Waals surface area (Å²) in [6, 6.07) is 23.4. The lowest BCUT2D eigenvalue weighted by Gasteiger charge is -2.06. The highest BCUT2D eigenvalue weighted by Gasteiger charge is 2.01. The number of benzene rings is 3. The van der Waals surface area contributed by atoms with Gasteiger partial charge in [-0.25, -0.2) is 5.43 Å². The smallest absolute Gasteiger partial charge is 0.250 e. The quantitative estimate of drug-likeness (QED) is 0.349. The highest BCUT2D eigenvalue weighted by Crippen LogP contribution is 2.15. The summed E-state index contributed by atoms with van der Waals surface area (Å²) in [5, 5.41) is 4.73. The highest BCUT2D eigenvalue weighted by molar-refractivity contribution is 7.99. The van der Waals surface area contributed by atoms with Gasteiger partial charge in [0.25, 0.3) is 0 Å². The lowest BCUT2D eigenvalue weighted by atomic mass is 10.2. The molecular formula is C24H23ClN2O2S. The SMILES string of the molecule is Cc1ccc(CSCC(=O)N/N=C/c2ccc(OCc3ccc(Cl)cc3)cc2)cc1. The molecule has 0 atom stereocenters. The van der Waals surface area contributed by atoms with Gasteiger partial charge in [0.2, 0.25) is 5.91 Å². The third-order valence-corrected chi connectivity index (χ3v) is 5.48. The van der Waals surface area contributed by atoms with Crippen LogP contribution in [0, 0.1) is 6.92 Å². The van der Waals surface area contributed by atoms with E-state index in [-0.39, 0.29) is 5.91 Å². The molecule has 30 heavy (non-hydrogen) atoms. The highest BCUT2D eigenvalue weighted by atomic mass is 35.5. The largest absolute Gasteiger partial charge is 0.489 e. The van der Waals surface area contributed by atoms with Crippen LogP contribution < -0.4 is 10.2 Å². The van der Waals surface area contributed by atoms with E-state index in [4.69, 9.17) is 16.3 Å². The molecule has 0 radical (unpaired) electrons. The molecule has 0 heterocycles. The molecule has 3 aromatic rings. The molecule has 0 aliphatic carbocycles. The normalized spacial score (nSPS) is 10.9. The molecule has 0 aliphatic heterocycles. The molecule has 0 unspecified atom stereocenters.